The number of ketones is 2. The minimum atomic E-state index is -0.616. The van der Waals surface area contributed by atoms with Crippen molar-refractivity contribution in [1.29, 1.82) is 0 Å². The maximum absolute atomic E-state index is 14.5. The van der Waals surface area contributed by atoms with Gasteiger partial charge in [-0.25, -0.2) is 4.39 Å². The molecule has 0 saturated carbocycles. The summed E-state index contributed by atoms with van der Waals surface area (Å²) in [5.41, 5.74) is 0.210. The molecule has 0 unspecified atom stereocenters. The Balaban J connectivity index is 1.55. The maximum atomic E-state index is 14.5. The number of hydrogen-bond acceptors (Lipinski definition) is 5. The van der Waals surface area contributed by atoms with Crippen LogP contribution in [0.3, 0.4) is 0 Å². The lowest BCUT2D eigenvalue weighted by molar-refractivity contribution is 0.00578. The van der Waals surface area contributed by atoms with Crippen molar-refractivity contribution >= 4 is 35.5 Å². The van der Waals surface area contributed by atoms with E-state index in [0.717, 1.165) is 4.88 Å². The molecule has 4 rings (SSSR count). The minimum Gasteiger partial charge on any atom is -0.399 e. The molecule has 158 valence electrons. The second-order valence-corrected chi connectivity index (χ2v) is 11.0. The zero-order chi connectivity index (χ0) is 22.1. The van der Waals surface area contributed by atoms with Crippen molar-refractivity contribution in [3.05, 3.63) is 51.0 Å². The van der Waals surface area contributed by atoms with Crippen molar-refractivity contribution in [2.45, 2.75) is 65.6 Å². The second kappa shape index (κ2) is 6.84. The molecular weight excluding hydrogens is 402 g/mol. The first-order valence-electron chi connectivity index (χ1n) is 10.2. The van der Waals surface area contributed by atoms with Crippen molar-refractivity contribution in [3.8, 4) is 0 Å². The fourth-order valence-corrected chi connectivity index (χ4v) is 5.17. The number of fused-ring (bicyclic) bond motifs is 1. The lowest BCUT2D eigenvalue weighted by atomic mass is 9.78. The van der Waals surface area contributed by atoms with Gasteiger partial charge in [0.15, 0.2) is 11.6 Å². The van der Waals surface area contributed by atoms with Gasteiger partial charge in [-0.05, 0) is 57.3 Å². The van der Waals surface area contributed by atoms with Crippen molar-refractivity contribution < 1.29 is 23.3 Å². The fourth-order valence-electron chi connectivity index (χ4n) is 3.85. The highest BCUT2D eigenvalue weighted by molar-refractivity contribution is 7.14. The molecule has 1 aliphatic heterocycles. The Hall–Kier alpha value is -1.83. The molecule has 7 heteroatoms. The third kappa shape index (κ3) is 3.47. The van der Waals surface area contributed by atoms with E-state index in [1.165, 1.54) is 17.4 Å². The molecule has 30 heavy (non-hydrogen) atoms. The van der Waals surface area contributed by atoms with Crippen molar-refractivity contribution in [2.24, 2.45) is 5.41 Å². The number of benzene rings is 1. The molecule has 0 atom stereocenters. The van der Waals surface area contributed by atoms with Crippen LogP contribution in [0.1, 0.15) is 72.0 Å². The summed E-state index contributed by atoms with van der Waals surface area (Å²) in [5, 5.41) is 0. The van der Waals surface area contributed by atoms with E-state index in [1.807, 2.05) is 41.5 Å². The van der Waals surface area contributed by atoms with Gasteiger partial charge in [0.05, 0.1) is 16.1 Å². The van der Waals surface area contributed by atoms with E-state index in [2.05, 4.69) is 0 Å². The summed E-state index contributed by atoms with van der Waals surface area (Å²) < 4.78 is 26.6. The smallest absolute Gasteiger partial charge is 0.399 e. The average molecular weight is 428 g/mol. The number of carbonyl (C=O) groups is 2. The summed E-state index contributed by atoms with van der Waals surface area (Å²) >= 11 is 1.35. The molecular formula is C23H26BFO4S. The van der Waals surface area contributed by atoms with Gasteiger partial charge in [-0.15, -0.1) is 11.3 Å². The average Bonchev–Trinajstić information content (AvgIpc) is 3.20. The molecule has 0 radical (unpaired) electrons. The zero-order valence-electron chi connectivity index (χ0n) is 18.2. The van der Waals surface area contributed by atoms with E-state index in [1.54, 1.807) is 18.2 Å². The first-order valence-corrected chi connectivity index (χ1v) is 11.0. The van der Waals surface area contributed by atoms with Crippen LogP contribution in [0.25, 0.3) is 0 Å². The van der Waals surface area contributed by atoms with Crippen LogP contribution in [0.15, 0.2) is 24.3 Å². The zero-order valence-corrected chi connectivity index (χ0v) is 19.0. The second-order valence-electron chi connectivity index (χ2n) is 9.88. The van der Waals surface area contributed by atoms with Crippen LogP contribution < -0.4 is 5.46 Å². The lowest BCUT2D eigenvalue weighted by Gasteiger charge is -2.32. The van der Waals surface area contributed by atoms with Gasteiger partial charge in [0.2, 0.25) is 0 Å². The van der Waals surface area contributed by atoms with Gasteiger partial charge < -0.3 is 9.31 Å². The van der Waals surface area contributed by atoms with Gasteiger partial charge in [-0.1, -0.05) is 26.0 Å². The van der Waals surface area contributed by atoms with E-state index in [4.69, 9.17) is 9.31 Å². The van der Waals surface area contributed by atoms with Crippen LogP contribution in [-0.2, 0) is 22.2 Å². The fraction of sp³-hybridized carbons (Fsp3) is 0.478. The van der Waals surface area contributed by atoms with Gasteiger partial charge in [0, 0.05) is 22.3 Å². The number of Topliss-reactive ketones (excluding diaryl/α,β-unsaturated/α-hetero) is 2. The minimum absolute atomic E-state index is 0.0711. The Kier molecular flexibility index (Phi) is 4.88. The summed E-state index contributed by atoms with van der Waals surface area (Å²) in [4.78, 5) is 26.8. The number of hydrogen-bond donors (Lipinski definition) is 0. The van der Waals surface area contributed by atoms with Crippen LogP contribution in [0, 0.1) is 11.2 Å². The number of halogens is 1. The van der Waals surface area contributed by atoms with Gasteiger partial charge in [-0.3, -0.25) is 9.59 Å². The van der Waals surface area contributed by atoms with Gasteiger partial charge in [-0.2, -0.15) is 0 Å². The molecule has 0 N–H and O–H groups in total. The highest BCUT2D eigenvalue weighted by Gasteiger charge is 2.51. The number of rotatable bonds is 4. The molecule has 2 heterocycles. The van der Waals surface area contributed by atoms with Gasteiger partial charge >= 0.3 is 7.12 Å². The topological polar surface area (TPSA) is 52.6 Å². The third-order valence-corrected chi connectivity index (χ3v) is 7.67. The molecule has 2 aromatic rings. The highest BCUT2D eigenvalue weighted by atomic mass is 32.1. The summed E-state index contributed by atoms with van der Waals surface area (Å²) in [5.74, 6) is -0.559. The molecule has 2 aliphatic rings. The van der Waals surface area contributed by atoms with Crippen molar-refractivity contribution in [2.75, 3.05) is 0 Å². The molecule has 1 aromatic heterocycles. The van der Waals surface area contributed by atoms with Crippen LogP contribution in [-0.4, -0.2) is 29.9 Å². The van der Waals surface area contributed by atoms with E-state index < -0.39 is 29.6 Å². The quantitative estimate of drug-likeness (QED) is 0.536. The van der Waals surface area contributed by atoms with E-state index in [-0.39, 0.29) is 18.0 Å². The van der Waals surface area contributed by atoms with E-state index >= 15 is 0 Å². The van der Waals surface area contributed by atoms with Gasteiger partial charge in [0.25, 0.3) is 0 Å². The molecule has 1 aromatic carbocycles. The number of thiophene rings is 1. The Morgan fingerprint density at radius 2 is 1.73 bits per heavy atom. The van der Waals surface area contributed by atoms with E-state index in [0.29, 0.717) is 27.9 Å². The van der Waals surface area contributed by atoms with Gasteiger partial charge in [0.1, 0.15) is 5.82 Å². The van der Waals surface area contributed by atoms with E-state index in [9.17, 15) is 14.0 Å². The van der Waals surface area contributed by atoms with Crippen LogP contribution in [0.4, 0.5) is 4.39 Å². The third-order valence-electron chi connectivity index (χ3n) is 6.49. The van der Waals surface area contributed by atoms with Crippen molar-refractivity contribution in [3.63, 3.8) is 0 Å². The normalized spacial score (nSPS) is 21.2. The summed E-state index contributed by atoms with van der Waals surface area (Å²) in [6.45, 7) is 11.7. The molecule has 0 amide bonds. The lowest BCUT2D eigenvalue weighted by Crippen LogP contribution is -2.41. The molecule has 1 saturated heterocycles. The van der Waals surface area contributed by atoms with Crippen molar-refractivity contribution in [1.82, 2.24) is 0 Å². The summed E-state index contributed by atoms with van der Waals surface area (Å²) in [6, 6.07) is 6.30. The molecule has 1 aliphatic carbocycles. The van der Waals surface area contributed by atoms with Crippen LogP contribution in [0.2, 0.25) is 0 Å². The summed E-state index contributed by atoms with van der Waals surface area (Å²) in [6.07, 6.45) is 0.570. The monoisotopic (exact) mass is 428 g/mol. The molecule has 0 bridgehead atoms. The predicted molar refractivity (Wildman–Crippen MR) is 116 cm³/mol. The summed E-state index contributed by atoms with van der Waals surface area (Å²) in [7, 11) is -0.616. The Labute approximate surface area is 180 Å². The van der Waals surface area contributed by atoms with Crippen LogP contribution >= 0.6 is 11.3 Å². The van der Waals surface area contributed by atoms with Crippen LogP contribution in [0.5, 0.6) is 0 Å². The SMILES string of the molecule is CC1(C)Cc2sc(C(=O)Cc3cc(B4OC(C)(C)C(C)(C)O4)ccc3F)cc2C1=O. The standard InChI is InChI=1S/C23H26BFO4S/c1-21(2)12-19-15(20(21)27)11-18(30-19)17(26)10-13-9-14(7-8-16(13)25)24-28-22(3,4)23(5,6)29-24/h7-9,11H,10,12H2,1-6H3. The molecule has 1 fully saturated rings. The Bertz CT molecular complexity index is 1040. The molecule has 4 nitrogen and oxygen atoms in total. The largest absolute Gasteiger partial charge is 0.494 e. The Morgan fingerprint density at radius 3 is 2.33 bits per heavy atom. The number of carbonyl (C=O) groups excluding carboxylic acids is 2. The first-order chi connectivity index (χ1) is 13.8. The maximum Gasteiger partial charge on any atom is 0.494 e. The molecule has 0 spiro atoms. The predicted octanol–water partition coefficient (Wildman–Crippen LogP) is 4.38. The highest BCUT2D eigenvalue weighted by Crippen LogP contribution is 2.41. The first kappa shape index (κ1) is 21.4. The Morgan fingerprint density at radius 1 is 1.10 bits per heavy atom.